The smallest absolute Gasteiger partial charge is 0.117 e. The van der Waals surface area contributed by atoms with Crippen molar-refractivity contribution in [3.8, 4) is 5.75 Å². The molecule has 1 N–H and O–H groups in total. The Morgan fingerprint density at radius 3 is 2.39 bits per heavy atom. The van der Waals surface area contributed by atoms with Gasteiger partial charge in [0.25, 0.3) is 0 Å². The average molecular weight is 374 g/mol. The van der Waals surface area contributed by atoms with Crippen LogP contribution in [0.5, 0.6) is 5.75 Å². The van der Waals surface area contributed by atoms with E-state index in [1.165, 1.54) is 5.56 Å². The van der Waals surface area contributed by atoms with Gasteiger partial charge in [0, 0.05) is 43.1 Å². The van der Waals surface area contributed by atoms with E-state index in [1.54, 1.807) is 12.3 Å². The number of hydrogen-bond donors (Lipinski definition) is 1. The molecule has 2 aromatic carbocycles. The van der Waals surface area contributed by atoms with Gasteiger partial charge in [-0.15, -0.1) is 0 Å². The second-order valence-electron chi connectivity index (χ2n) is 7.45. The second kappa shape index (κ2) is 8.44. The Labute approximate surface area is 167 Å². The van der Waals surface area contributed by atoms with E-state index in [0.717, 1.165) is 37.3 Å². The summed E-state index contributed by atoms with van der Waals surface area (Å²) >= 11 is 0. The largest absolute Gasteiger partial charge is 0.508 e. The van der Waals surface area contributed by atoms with Crippen LogP contribution in [0.15, 0.2) is 79.1 Å². The molecule has 28 heavy (non-hydrogen) atoms. The Kier molecular flexibility index (Phi) is 5.58. The van der Waals surface area contributed by atoms with Gasteiger partial charge >= 0.3 is 0 Å². The lowest BCUT2D eigenvalue weighted by Gasteiger charge is -2.41. The molecule has 4 rings (SSSR count). The summed E-state index contributed by atoms with van der Waals surface area (Å²) in [5.41, 5.74) is 3.46. The van der Waals surface area contributed by atoms with Crippen LogP contribution in [0.25, 0.3) is 0 Å². The van der Waals surface area contributed by atoms with E-state index in [9.17, 15) is 5.11 Å². The number of aromatic nitrogens is 1. The zero-order chi connectivity index (χ0) is 19.3. The highest BCUT2D eigenvalue weighted by molar-refractivity contribution is 5.64. The minimum absolute atomic E-state index is 0.293. The summed E-state index contributed by atoms with van der Waals surface area (Å²) in [6.07, 6.45) is 5.85. The highest BCUT2D eigenvalue weighted by Gasteiger charge is 2.28. The molecule has 1 aromatic heterocycles. The summed E-state index contributed by atoms with van der Waals surface area (Å²) in [5, 5.41) is 10.00. The molecular weight excluding hydrogens is 346 g/mol. The van der Waals surface area contributed by atoms with Gasteiger partial charge in [0.15, 0.2) is 0 Å². The number of piperidine rings is 1. The van der Waals surface area contributed by atoms with Gasteiger partial charge in [0.1, 0.15) is 5.75 Å². The van der Waals surface area contributed by atoms with E-state index in [1.807, 2.05) is 24.4 Å². The number of likely N-dealkylation sites (tertiary alicyclic amines) is 1. The molecule has 1 aliphatic rings. The van der Waals surface area contributed by atoms with Gasteiger partial charge < -0.3 is 10.0 Å². The van der Waals surface area contributed by atoms with Gasteiger partial charge in [-0.2, -0.15) is 0 Å². The first-order valence-electron chi connectivity index (χ1n) is 9.99. The van der Waals surface area contributed by atoms with Crippen molar-refractivity contribution in [2.24, 2.45) is 0 Å². The monoisotopic (exact) mass is 373 g/mol. The van der Waals surface area contributed by atoms with Gasteiger partial charge in [-0.25, -0.2) is 0 Å². The van der Waals surface area contributed by atoms with Crippen molar-refractivity contribution in [2.45, 2.75) is 31.8 Å². The van der Waals surface area contributed by atoms with Gasteiger partial charge in [-0.3, -0.25) is 9.88 Å². The number of rotatable bonds is 5. The van der Waals surface area contributed by atoms with Crippen molar-refractivity contribution in [1.29, 1.82) is 0 Å². The van der Waals surface area contributed by atoms with E-state index >= 15 is 0 Å². The van der Waals surface area contributed by atoms with Crippen molar-refractivity contribution in [3.63, 3.8) is 0 Å². The number of benzene rings is 2. The summed E-state index contributed by atoms with van der Waals surface area (Å²) in [5.74, 6) is 0.293. The van der Waals surface area contributed by atoms with E-state index < -0.39 is 0 Å². The lowest BCUT2D eigenvalue weighted by Crippen LogP contribution is -2.44. The number of nitrogens with zero attached hydrogens (tertiary/aromatic N) is 3. The summed E-state index contributed by atoms with van der Waals surface area (Å²) in [4.78, 5) is 9.21. The van der Waals surface area contributed by atoms with Gasteiger partial charge in [-0.05, 0) is 49.6 Å². The van der Waals surface area contributed by atoms with Crippen LogP contribution in [0.3, 0.4) is 0 Å². The molecule has 2 heterocycles. The minimum Gasteiger partial charge on any atom is -0.508 e. The molecule has 4 nitrogen and oxygen atoms in total. The van der Waals surface area contributed by atoms with Crippen molar-refractivity contribution in [1.82, 2.24) is 9.88 Å². The maximum Gasteiger partial charge on any atom is 0.117 e. The third-order valence-electron chi connectivity index (χ3n) is 5.73. The van der Waals surface area contributed by atoms with Crippen LogP contribution in [0.2, 0.25) is 0 Å². The van der Waals surface area contributed by atoms with Gasteiger partial charge in [0.2, 0.25) is 0 Å². The lowest BCUT2D eigenvalue weighted by molar-refractivity contribution is 0.163. The molecule has 4 heteroatoms. The fraction of sp³-hybridized carbons (Fsp3) is 0.292. The van der Waals surface area contributed by atoms with Crippen molar-refractivity contribution < 1.29 is 5.11 Å². The molecular formula is C24H27N3O. The fourth-order valence-electron chi connectivity index (χ4n) is 4.18. The Morgan fingerprint density at radius 2 is 1.71 bits per heavy atom. The molecule has 1 saturated heterocycles. The van der Waals surface area contributed by atoms with Gasteiger partial charge in [-0.1, -0.05) is 36.4 Å². The van der Waals surface area contributed by atoms with E-state index in [-0.39, 0.29) is 0 Å². The van der Waals surface area contributed by atoms with Crippen molar-refractivity contribution in [3.05, 3.63) is 84.7 Å². The predicted octanol–water partition coefficient (Wildman–Crippen LogP) is 5.15. The third-order valence-corrected chi connectivity index (χ3v) is 5.73. The summed E-state index contributed by atoms with van der Waals surface area (Å²) in [6.45, 7) is 4.40. The first kappa shape index (κ1) is 18.5. The number of aromatic hydroxyl groups is 1. The fourth-order valence-corrected chi connectivity index (χ4v) is 4.18. The lowest BCUT2D eigenvalue weighted by atomic mass is 9.98. The molecule has 144 valence electrons. The van der Waals surface area contributed by atoms with Crippen LogP contribution < -0.4 is 4.90 Å². The maximum atomic E-state index is 10.00. The molecule has 0 aliphatic carbocycles. The molecule has 0 radical (unpaired) electrons. The number of hydrogen-bond acceptors (Lipinski definition) is 4. The van der Waals surface area contributed by atoms with E-state index in [0.29, 0.717) is 17.8 Å². The molecule has 1 aliphatic heterocycles. The van der Waals surface area contributed by atoms with Gasteiger partial charge in [0.05, 0.1) is 11.9 Å². The van der Waals surface area contributed by atoms with Crippen LogP contribution in [0.1, 0.15) is 31.4 Å². The quantitative estimate of drug-likeness (QED) is 0.671. The summed E-state index contributed by atoms with van der Waals surface area (Å²) in [6, 6.07) is 23.1. The highest BCUT2D eigenvalue weighted by Crippen LogP contribution is 2.34. The number of phenols is 1. The maximum absolute atomic E-state index is 10.00. The summed E-state index contributed by atoms with van der Waals surface area (Å²) < 4.78 is 0. The first-order chi connectivity index (χ1) is 13.7. The average Bonchev–Trinajstić information content (AvgIpc) is 2.75. The van der Waals surface area contributed by atoms with Crippen LogP contribution >= 0.6 is 0 Å². The second-order valence-corrected chi connectivity index (χ2v) is 7.45. The number of anilines is 2. The standard InChI is InChI=1S/C24H27N3O/c1-19(20-7-3-2-4-8-20)26-15-12-21(13-16-26)27(23-10-6-14-25-18-23)22-9-5-11-24(28)17-22/h2-11,14,17-19,21,28H,12-13,15-16H2,1H3. The molecule has 0 spiro atoms. The Morgan fingerprint density at radius 1 is 0.964 bits per heavy atom. The zero-order valence-corrected chi connectivity index (χ0v) is 16.3. The van der Waals surface area contributed by atoms with Crippen LogP contribution in [0.4, 0.5) is 11.4 Å². The number of pyridine rings is 1. The van der Waals surface area contributed by atoms with Crippen LogP contribution in [0, 0.1) is 0 Å². The molecule has 0 saturated carbocycles. The Hall–Kier alpha value is -2.85. The Balaban J connectivity index is 1.53. The van der Waals surface area contributed by atoms with Crippen molar-refractivity contribution >= 4 is 11.4 Å². The molecule has 1 unspecified atom stereocenters. The van der Waals surface area contributed by atoms with E-state index in [2.05, 4.69) is 64.2 Å². The SMILES string of the molecule is CC(c1ccccc1)N1CCC(N(c2cccnc2)c2cccc(O)c2)CC1. The van der Waals surface area contributed by atoms with Crippen LogP contribution in [-0.2, 0) is 0 Å². The molecule has 0 amide bonds. The normalized spacial score (nSPS) is 16.6. The topological polar surface area (TPSA) is 39.6 Å². The summed E-state index contributed by atoms with van der Waals surface area (Å²) in [7, 11) is 0. The molecule has 3 aromatic rings. The number of phenolic OH excluding ortho intramolecular Hbond substituents is 1. The highest BCUT2D eigenvalue weighted by atomic mass is 16.3. The first-order valence-corrected chi connectivity index (χ1v) is 9.99. The molecule has 1 atom stereocenters. The molecule has 0 bridgehead atoms. The van der Waals surface area contributed by atoms with Crippen LogP contribution in [-0.4, -0.2) is 34.1 Å². The minimum atomic E-state index is 0.293. The predicted molar refractivity (Wildman–Crippen MR) is 114 cm³/mol. The van der Waals surface area contributed by atoms with Crippen molar-refractivity contribution in [2.75, 3.05) is 18.0 Å². The zero-order valence-electron chi connectivity index (χ0n) is 16.3. The van der Waals surface area contributed by atoms with E-state index in [4.69, 9.17) is 0 Å². The Bertz CT molecular complexity index is 877. The molecule has 1 fully saturated rings. The third kappa shape index (κ3) is 4.02.